The topological polar surface area (TPSA) is 39.9 Å². The average molecular weight is 215 g/mol. The van der Waals surface area contributed by atoms with Crippen LogP contribution in [0.1, 0.15) is 31.2 Å². The maximum absolute atomic E-state index is 9.01. The minimum absolute atomic E-state index is 0.669. The lowest BCUT2D eigenvalue weighted by Crippen LogP contribution is -2.25. The monoisotopic (exact) mass is 215 g/mol. The maximum Gasteiger partial charge on any atom is 0.146 e. The lowest BCUT2D eigenvalue weighted by molar-refractivity contribution is 0.545. The number of hydrogen-bond acceptors (Lipinski definition) is 3. The fourth-order valence-electron chi connectivity index (χ4n) is 2.46. The molecule has 0 amide bonds. The van der Waals surface area contributed by atoms with Gasteiger partial charge in [-0.05, 0) is 30.9 Å². The number of rotatable bonds is 3. The van der Waals surface area contributed by atoms with Crippen LogP contribution >= 0.6 is 0 Å². The van der Waals surface area contributed by atoms with Crippen LogP contribution in [0.3, 0.4) is 0 Å². The highest BCUT2D eigenvalue weighted by atomic mass is 15.2. The Morgan fingerprint density at radius 3 is 2.94 bits per heavy atom. The van der Waals surface area contributed by atoms with Crippen LogP contribution in [0.2, 0.25) is 0 Å². The first kappa shape index (κ1) is 10.9. The zero-order valence-electron chi connectivity index (χ0n) is 9.69. The van der Waals surface area contributed by atoms with Gasteiger partial charge in [-0.1, -0.05) is 12.8 Å². The van der Waals surface area contributed by atoms with E-state index in [0.29, 0.717) is 5.56 Å². The second-order valence-corrected chi connectivity index (χ2v) is 4.52. The molecule has 0 aliphatic heterocycles. The Hall–Kier alpha value is -1.56. The molecule has 1 heterocycles. The van der Waals surface area contributed by atoms with Crippen LogP contribution in [0.4, 0.5) is 5.82 Å². The molecule has 0 atom stereocenters. The van der Waals surface area contributed by atoms with E-state index in [2.05, 4.69) is 16.0 Å². The minimum Gasteiger partial charge on any atom is -0.358 e. The fourth-order valence-corrected chi connectivity index (χ4v) is 2.46. The van der Waals surface area contributed by atoms with Crippen molar-refractivity contribution in [3.63, 3.8) is 0 Å². The molecule has 0 spiro atoms. The van der Waals surface area contributed by atoms with E-state index in [1.807, 2.05) is 19.2 Å². The van der Waals surface area contributed by atoms with Gasteiger partial charge in [0, 0.05) is 19.8 Å². The molecular weight excluding hydrogens is 198 g/mol. The predicted octanol–water partition coefficient (Wildman–Crippen LogP) is 2.58. The molecule has 1 fully saturated rings. The standard InChI is InChI=1S/C13H17N3/c1-16(10-11-5-2-3-6-11)13-12(9-14)7-4-8-15-13/h4,7-8,11H,2-3,5-6,10H2,1H3. The van der Waals surface area contributed by atoms with Gasteiger partial charge in [0.25, 0.3) is 0 Å². The SMILES string of the molecule is CN(CC1CCCC1)c1ncccc1C#N. The third-order valence-corrected chi connectivity index (χ3v) is 3.28. The summed E-state index contributed by atoms with van der Waals surface area (Å²) < 4.78 is 0. The van der Waals surface area contributed by atoms with Crippen LogP contribution in [0.25, 0.3) is 0 Å². The summed E-state index contributed by atoms with van der Waals surface area (Å²) in [6.07, 6.45) is 7.09. The first-order valence-electron chi connectivity index (χ1n) is 5.87. The second kappa shape index (κ2) is 4.98. The number of aromatic nitrogens is 1. The van der Waals surface area contributed by atoms with Crippen molar-refractivity contribution >= 4 is 5.82 Å². The zero-order chi connectivity index (χ0) is 11.4. The molecule has 0 aromatic carbocycles. The summed E-state index contributed by atoms with van der Waals surface area (Å²) in [5.41, 5.74) is 0.669. The number of anilines is 1. The van der Waals surface area contributed by atoms with Crippen molar-refractivity contribution in [2.45, 2.75) is 25.7 Å². The summed E-state index contributed by atoms with van der Waals surface area (Å²) in [6.45, 7) is 1.02. The summed E-state index contributed by atoms with van der Waals surface area (Å²) in [7, 11) is 2.03. The van der Waals surface area contributed by atoms with Gasteiger partial charge in [-0.2, -0.15) is 5.26 Å². The van der Waals surface area contributed by atoms with Gasteiger partial charge in [-0.25, -0.2) is 4.98 Å². The minimum atomic E-state index is 0.669. The second-order valence-electron chi connectivity index (χ2n) is 4.52. The summed E-state index contributed by atoms with van der Waals surface area (Å²) in [6, 6.07) is 5.84. The van der Waals surface area contributed by atoms with Gasteiger partial charge < -0.3 is 4.90 Å². The normalized spacial score (nSPS) is 16.0. The molecule has 2 rings (SSSR count). The van der Waals surface area contributed by atoms with Gasteiger partial charge in [-0.3, -0.25) is 0 Å². The Kier molecular flexibility index (Phi) is 3.40. The molecule has 3 nitrogen and oxygen atoms in total. The summed E-state index contributed by atoms with van der Waals surface area (Å²) in [5, 5.41) is 9.01. The lowest BCUT2D eigenvalue weighted by atomic mass is 10.1. The summed E-state index contributed by atoms with van der Waals surface area (Å²) >= 11 is 0. The smallest absolute Gasteiger partial charge is 0.146 e. The van der Waals surface area contributed by atoms with Gasteiger partial charge in [0.2, 0.25) is 0 Å². The molecule has 0 N–H and O–H groups in total. The van der Waals surface area contributed by atoms with E-state index >= 15 is 0 Å². The van der Waals surface area contributed by atoms with E-state index in [9.17, 15) is 0 Å². The highest BCUT2D eigenvalue weighted by Gasteiger charge is 2.18. The van der Waals surface area contributed by atoms with Crippen molar-refractivity contribution in [1.82, 2.24) is 4.98 Å². The Balaban J connectivity index is 2.08. The Morgan fingerprint density at radius 1 is 1.50 bits per heavy atom. The molecule has 0 unspecified atom stereocenters. The quantitative estimate of drug-likeness (QED) is 0.778. The fraction of sp³-hybridized carbons (Fsp3) is 0.538. The van der Waals surface area contributed by atoms with Gasteiger partial charge in [0.1, 0.15) is 11.9 Å². The Bertz CT molecular complexity index is 388. The van der Waals surface area contributed by atoms with Gasteiger partial charge in [-0.15, -0.1) is 0 Å². The summed E-state index contributed by atoms with van der Waals surface area (Å²) in [5.74, 6) is 1.59. The molecule has 0 bridgehead atoms. The van der Waals surface area contributed by atoms with E-state index in [-0.39, 0.29) is 0 Å². The van der Waals surface area contributed by atoms with Gasteiger partial charge in [0.15, 0.2) is 0 Å². The molecule has 3 heteroatoms. The van der Waals surface area contributed by atoms with Crippen LogP contribution in [-0.4, -0.2) is 18.6 Å². The number of pyridine rings is 1. The van der Waals surface area contributed by atoms with Crippen molar-refractivity contribution < 1.29 is 0 Å². The molecule has 1 aromatic heterocycles. The van der Waals surface area contributed by atoms with Crippen molar-refractivity contribution in [1.29, 1.82) is 5.26 Å². The molecule has 1 aliphatic rings. The molecule has 1 aromatic rings. The van der Waals surface area contributed by atoms with Gasteiger partial charge >= 0.3 is 0 Å². The molecule has 84 valence electrons. The predicted molar refractivity (Wildman–Crippen MR) is 64.2 cm³/mol. The van der Waals surface area contributed by atoms with Crippen LogP contribution < -0.4 is 4.90 Å². The third kappa shape index (κ3) is 2.33. The third-order valence-electron chi connectivity index (χ3n) is 3.28. The first-order chi connectivity index (χ1) is 7.81. The molecule has 1 aliphatic carbocycles. The van der Waals surface area contributed by atoms with E-state index in [4.69, 9.17) is 5.26 Å². The zero-order valence-corrected chi connectivity index (χ0v) is 9.69. The largest absolute Gasteiger partial charge is 0.358 e. The van der Waals surface area contributed by atoms with E-state index < -0.39 is 0 Å². The average Bonchev–Trinajstić information content (AvgIpc) is 2.81. The molecule has 0 radical (unpaired) electrons. The Morgan fingerprint density at radius 2 is 2.25 bits per heavy atom. The number of nitriles is 1. The summed E-state index contributed by atoms with van der Waals surface area (Å²) in [4.78, 5) is 6.41. The molecule has 0 saturated heterocycles. The first-order valence-corrected chi connectivity index (χ1v) is 5.87. The maximum atomic E-state index is 9.01. The van der Waals surface area contributed by atoms with Crippen molar-refractivity contribution in [2.75, 3.05) is 18.5 Å². The van der Waals surface area contributed by atoms with E-state index in [0.717, 1.165) is 18.3 Å². The van der Waals surface area contributed by atoms with Crippen LogP contribution in [-0.2, 0) is 0 Å². The van der Waals surface area contributed by atoms with Gasteiger partial charge in [0.05, 0.1) is 5.56 Å². The molecule has 1 saturated carbocycles. The van der Waals surface area contributed by atoms with E-state index in [1.165, 1.54) is 25.7 Å². The number of nitrogens with zero attached hydrogens (tertiary/aromatic N) is 3. The number of hydrogen-bond donors (Lipinski definition) is 0. The van der Waals surface area contributed by atoms with E-state index in [1.54, 1.807) is 6.20 Å². The molecule has 16 heavy (non-hydrogen) atoms. The van der Waals surface area contributed by atoms with Crippen molar-refractivity contribution in [3.05, 3.63) is 23.9 Å². The lowest BCUT2D eigenvalue weighted by Gasteiger charge is -2.22. The Labute approximate surface area is 96.7 Å². The van der Waals surface area contributed by atoms with Crippen molar-refractivity contribution in [2.24, 2.45) is 5.92 Å². The van der Waals surface area contributed by atoms with Crippen LogP contribution in [0.15, 0.2) is 18.3 Å². The highest BCUT2D eigenvalue weighted by Crippen LogP contribution is 2.27. The highest BCUT2D eigenvalue weighted by molar-refractivity contribution is 5.52. The molecular formula is C13H17N3. The van der Waals surface area contributed by atoms with Crippen LogP contribution in [0, 0.1) is 17.2 Å². The van der Waals surface area contributed by atoms with Crippen LogP contribution in [0.5, 0.6) is 0 Å². The van der Waals surface area contributed by atoms with Crippen molar-refractivity contribution in [3.8, 4) is 6.07 Å².